The molecule has 0 spiro atoms. The summed E-state index contributed by atoms with van der Waals surface area (Å²) in [6.07, 6.45) is 0. The highest BCUT2D eigenvalue weighted by Crippen LogP contribution is 2.43. The van der Waals surface area contributed by atoms with E-state index in [1.165, 1.54) is 19.2 Å². The lowest BCUT2D eigenvalue weighted by Crippen LogP contribution is -2.22. The number of anilines is 2. The summed E-state index contributed by atoms with van der Waals surface area (Å²) in [4.78, 5) is 16.5. The molecule has 1 aliphatic rings. The molecule has 0 saturated carbocycles. The first-order valence-corrected chi connectivity index (χ1v) is 7.61. The molecule has 0 aliphatic carbocycles. The Morgan fingerprint density at radius 2 is 1.88 bits per heavy atom. The Bertz CT molecular complexity index is 843. The van der Waals surface area contributed by atoms with Gasteiger partial charge in [-0.1, -0.05) is 18.2 Å². The van der Waals surface area contributed by atoms with Crippen molar-refractivity contribution in [3.05, 3.63) is 59.5 Å². The lowest BCUT2D eigenvalue weighted by atomic mass is 10.1. The molecule has 1 aliphatic heterocycles. The molecular weight excluding hydrogens is 307 g/mol. The van der Waals surface area contributed by atoms with Crippen molar-refractivity contribution in [2.75, 3.05) is 26.1 Å². The minimum atomic E-state index is -0.498. The molecule has 2 aromatic rings. The lowest BCUT2D eigenvalue weighted by molar-refractivity contribution is -0.112. The van der Waals surface area contributed by atoms with Gasteiger partial charge < -0.3 is 9.64 Å². The second-order valence-electron chi connectivity index (χ2n) is 5.83. The van der Waals surface area contributed by atoms with Crippen molar-refractivity contribution < 1.29 is 13.9 Å². The van der Waals surface area contributed by atoms with Crippen molar-refractivity contribution in [3.8, 4) is 5.75 Å². The van der Waals surface area contributed by atoms with Crippen LogP contribution in [0, 0.1) is 5.82 Å². The molecule has 124 valence electrons. The van der Waals surface area contributed by atoms with Crippen molar-refractivity contribution >= 4 is 22.9 Å². The number of benzene rings is 2. The maximum atomic E-state index is 14.1. The van der Waals surface area contributed by atoms with E-state index in [0.29, 0.717) is 11.3 Å². The topological polar surface area (TPSA) is 32.8 Å². The van der Waals surface area contributed by atoms with Gasteiger partial charge in [-0.3, -0.25) is 9.69 Å². The van der Waals surface area contributed by atoms with Crippen LogP contribution in [0.2, 0.25) is 0 Å². The van der Waals surface area contributed by atoms with Gasteiger partial charge in [0.25, 0.3) is 5.91 Å². The van der Waals surface area contributed by atoms with E-state index in [9.17, 15) is 9.18 Å². The number of rotatable bonds is 3. The fourth-order valence-electron chi connectivity index (χ4n) is 2.84. The van der Waals surface area contributed by atoms with Gasteiger partial charge in [0.2, 0.25) is 0 Å². The number of carbonyl (C=O) groups excluding carboxylic acids is 1. The Labute approximate surface area is 140 Å². The summed E-state index contributed by atoms with van der Waals surface area (Å²) in [7, 11) is 5.21. The van der Waals surface area contributed by atoms with Gasteiger partial charge in [0.05, 0.1) is 24.1 Å². The molecular formula is C19H19FN2O2. The van der Waals surface area contributed by atoms with Gasteiger partial charge in [-0.25, -0.2) is 4.39 Å². The van der Waals surface area contributed by atoms with Crippen LogP contribution in [-0.4, -0.2) is 32.0 Å². The molecule has 0 atom stereocenters. The number of para-hydroxylation sites is 1. The summed E-state index contributed by atoms with van der Waals surface area (Å²) in [5.41, 5.74) is 3.58. The molecule has 5 heteroatoms. The van der Waals surface area contributed by atoms with Crippen LogP contribution in [0.4, 0.5) is 15.8 Å². The van der Waals surface area contributed by atoms with Crippen LogP contribution in [0.5, 0.6) is 5.75 Å². The summed E-state index contributed by atoms with van der Waals surface area (Å²) in [6, 6.07) is 12.1. The predicted octanol–water partition coefficient (Wildman–Crippen LogP) is 3.81. The maximum Gasteiger partial charge on any atom is 0.265 e. The molecule has 0 fully saturated rings. The van der Waals surface area contributed by atoms with E-state index < -0.39 is 5.82 Å². The zero-order chi connectivity index (χ0) is 17.4. The monoisotopic (exact) mass is 326 g/mol. The van der Waals surface area contributed by atoms with Gasteiger partial charge in [0, 0.05) is 31.4 Å². The third-order valence-electron chi connectivity index (χ3n) is 4.26. The van der Waals surface area contributed by atoms with Crippen molar-refractivity contribution in [2.24, 2.45) is 0 Å². The Morgan fingerprint density at radius 1 is 1.17 bits per heavy atom. The van der Waals surface area contributed by atoms with E-state index in [1.54, 1.807) is 11.0 Å². The van der Waals surface area contributed by atoms with E-state index in [0.717, 1.165) is 16.9 Å². The van der Waals surface area contributed by atoms with Gasteiger partial charge in [-0.05, 0) is 25.1 Å². The van der Waals surface area contributed by atoms with Crippen LogP contribution >= 0.6 is 0 Å². The summed E-state index contributed by atoms with van der Waals surface area (Å²) < 4.78 is 19.1. The van der Waals surface area contributed by atoms with Crippen LogP contribution < -0.4 is 9.64 Å². The summed E-state index contributed by atoms with van der Waals surface area (Å²) >= 11 is 0. The van der Waals surface area contributed by atoms with Crippen molar-refractivity contribution in [1.29, 1.82) is 0 Å². The molecule has 0 radical (unpaired) electrons. The SMILES string of the molecule is COc1ccc(N2C(=O)/C(=C(\C)N(C)C)c3ccccc32)cc1F. The van der Waals surface area contributed by atoms with Crippen molar-refractivity contribution in [3.63, 3.8) is 0 Å². The number of allylic oxidation sites excluding steroid dienone is 1. The maximum absolute atomic E-state index is 14.1. The van der Waals surface area contributed by atoms with Gasteiger partial charge in [0.15, 0.2) is 11.6 Å². The second kappa shape index (κ2) is 6.00. The molecule has 0 saturated heterocycles. The minimum absolute atomic E-state index is 0.152. The van der Waals surface area contributed by atoms with Crippen molar-refractivity contribution in [2.45, 2.75) is 6.92 Å². The molecule has 0 bridgehead atoms. The predicted molar refractivity (Wildman–Crippen MR) is 92.8 cm³/mol. The van der Waals surface area contributed by atoms with Gasteiger partial charge in [-0.2, -0.15) is 0 Å². The Balaban J connectivity index is 2.19. The highest BCUT2D eigenvalue weighted by molar-refractivity contribution is 6.35. The quantitative estimate of drug-likeness (QED) is 0.804. The lowest BCUT2D eigenvalue weighted by Gasteiger charge is -2.19. The van der Waals surface area contributed by atoms with Crippen molar-refractivity contribution in [1.82, 2.24) is 4.90 Å². The molecule has 1 amide bonds. The van der Waals surface area contributed by atoms with Gasteiger partial charge in [0.1, 0.15) is 0 Å². The first-order valence-electron chi connectivity index (χ1n) is 7.61. The number of ether oxygens (including phenoxy) is 1. The molecule has 0 N–H and O–H groups in total. The van der Waals surface area contributed by atoms with E-state index in [1.807, 2.05) is 50.2 Å². The van der Waals surface area contributed by atoms with E-state index >= 15 is 0 Å². The number of nitrogens with zero attached hydrogens (tertiary/aromatic N) is 2. The molecule has 0 aromatic heterocycles. The highest BCUT2D eigenvalue weighted by Gasteiger charge is 2.35. The molecule has 0 unspecified atom stereocenters. The minimum Gasteiger partial charge on any atom is -0.494 e. The summed E-state index contributed by atoms with van der Waals surface area (Å²) in [5, 5.41) is 0. The standard InChI is InChI=1S/C19H19FN2O2/c1-12(21(2)3)18-14-7-5-6-8-16(14)22(19(18)23)13-9-10-17(24-4)15(20)11-13/h5-11H,1-4H3/b18-12+. The van der Waals surface area contributed by atoms with Gasteiger partial charge in [-0.15, -0.1) is 0 Å². The number of fused-ring (bicyclic) bond motifs is 1. The second-order valence-corrected chi connectivity index (χ2v) is 5.83. The number of amides is 1. The fraction of sp³-hybridized carbons (Fsp3) is 0.211. The van der Waals surface area contributed by atoms with E-state index in [2.05, 4.69) is 0 Å². The Hall–Kier alpha value is -2.82. The Kier molecular flexibility index (Phi) is 4.01. The van der Waals surface area contributed by atoms with Crippen LogP contribution in [-0.2, 0) is 4.79 Å². The smallest absolute Gasteiger partial charge is 0.265 e. The molecule has 3 rings (SSSR count). The summed E-state index contributed by atoms with van der Waals surface area (Å²) in [6.45, 7) is 1.90. The van der Waals surface area contributed by atoms with Crippen LogP contribution in [0.25, 0.3) is 5.57 Å². The third kappa shape index (κ3) is 2.42. The molecule has 4 nitrogen and oxygen atoms in total. The van der Waals surface area contributed by atoms with Crippen LogP contribution in [0.1, 0.15) is 12.5 Å². The van der Waals surface area contributed by atoms with E-state index in [4.69, 9.17) is 4.74 Å². The zero-order valence-electron chi connectivity index (χ0n) is 14.1. The summed E-state index contributed by atoms with van der Waals surface area (Å²) in [5.74, 6) is -0.507. The molecule has 2 aromatic carbocycles. The number of hydrogen-bond donors (Lipinski definition) is 0. The van der Waals surface area contributed by atoms with E-state index in [-0.39, 0.29) is 11.7 Å². The average molecular weight is 326 g/mol. The number of methoxy groups -OCH3 is 1. The first kappa shape index (κ1) is 16.1. The first-order chi connectivity index (χ1) is 11.5. The molecule has 1 heterocycles. The van der Waals surface area contributed by atoms with Gasteiger partial charge >= 0.3 is 0 Å². The number of carbonyl (C=O) groups is 1. The zero-order valence-corrected chi connectivity index (χ0v) is 14.1. The third-order valence-corrected chi connectivity index (χ3v) is 4.26. The fourth-order valence-corrected chi connectivity index (χ4v) is 2.84. The van der Waals surface area contributed by atoms with Crippen LogP contribution in [0.15, 0.2) is 48.2 Å². The number of hydrogen-bond acceptors (Lipinski definition) is 3. The molecule has 24 heavy (non-hydrogen) atoms. The highest BCUT2D eigenvalue weighted by atomic mass is 19.1. The normalized spacial score (nSPS) is 15.4. The Morgan fingerprint density at radius 3 is 2.50 bits per heavy atom. The van der Waals surface area contributed by atoms with Crippen LogP contribution in [0.3, 0.4) is 0 Å². The average Bonchev–Trinajstić information content (AvgIpc) is 2.85. The largest absolute Gasteiger partial charge is 0.494 e. The number of halogens is 1.